The minimum Gasteiger partial charge on any atom is -0.486 e. The Kier molecular flexibility index (Phi) is 3.59. The largest absolute Gasteiger partial charge is 0.486 e. The molecular formula is C15H14N2O4. The average Bonchev–Trinajstić information content (AvgIpc) is 2.55. The van der Waals surface area contributed by atoms with Gasteiger partial charge in [0.05, 0.1) is 12.7 Å². The number of nitrogens with zero attached hydrogens (tertiary/aromatic N) is 1. The molecule has 6 heteroatoms. The topological polar surface area (TPSA) is 69.7 Å². The average molecular weight is 286 g/mol. The Balaban J connectivity index is 1.74. The highest BCUT2D eigenvalue weighted by Gasteiger charge is 2.13. The van der Waals surface area contributed by atoms with Crippen LogP contribution in [0.2, 0.25) is 0 Å². The van der Waals surface area contributed by atoms with E-state index < -0.39 is 0 Å². The Bertz CT molecular complexity index is 655. The van der Waals surface area contributed by atoms with Crippen LogP contribution in [0.25, 0.3) is 0 Å². The van der Waals surface area contributed by atoms with Crippen molar-refractivity contribution in [2.75, 3.05) is 25.6 Å². The number of amides is 1. The van der Waals surface area contributed by atoms with E-state index in [0.29, 0.717) is 41.8 Å². The molecule has 0 atom stereocenters. The second kappa shape index (κ2) is 5.70. The number of ether oxygens (including phenoxy) is 3. The van der Waals surface area contributed by atoms with E-state index in [1.165, 1.54) is 13.3 Å². The number of pyridine rings is 1. The fourth-order valence-electron chi connectivity index (χ4n) is 1.96. The number of methoxy groups -OCH3 is 1. The summed E-state index contributed by atoms with van der Waals surface area (Å²) >= 11 is 0. The fraction of sp³-hybridized carbons (Fsp3) is 0.200. The van der Waals surface area contributed by atoms with Gasteiger partial charge in [0.1, 0.15) is 13.2 Å². The summed E-state index contributed by atoms with van der Waals surface area (Å²) < 4.78 is 15.9. The number of aromatic nitrogens is 1. The van der Waals surface area contributed by atoms with Crippen LogP contribution in [0.5, 0.6) is 17.4 Å². The summed E-state index contributed by atoms with van der Waals surface area (Å²) in [5.41, 5.74) is 1.09. The number of nitrogens with one attached hydrogen (secondary N) is 1. The van der Waals surface area contributed by atoms with Crippen LogP contribution in [0.1, 0.15) is 10.4 Å². The van der Waals surface area contributed by atoms with E-state index in [1.807, 2.05) is 0 Å². The van der Waals surface area contributed by atoms with Gasteiger partial charge in [-0.05, 0) is 18.2 Å². The van der Waals surface area contributed by atoms with Gasteiger partial charge in [0, 0.05) is 24.0 Å². The molecule has 2 aromatic rings. The first-order chi connectivity index (χ1) is 10.3. The molecule has 0 aliphatic carbocycles. The summed E-state index contributed by atoms with van der Waals surface area (Å²) in [7, 11) is 1.53. The lowest BCUT2D eigenvalue weighted by atomic mass is 10.2. The predicted octanol–water partition coefficient (Wildman–Crippen LogP) is 2.11. The lowest BCUT2D eigenvalue weighted by molar-refractivity contribution is 0.102. The molecule has 1 aromatic carbocycles. The summed E-state index contributed by atoms with van der Waals surface area (Å²) in [4.78, 5) is 16.1. The standard InChI is InChI=1S/C15H14N2O4/c1-19-14-5-2-10(9-16-14)15(18)17-11-3-4-12-13(8-11)21-7-6-20-12/h2-5,8-9H,6-7H2,1H3,(H,17,18). The van der Waals surface area contributed by atoms with Crippen molar-refractivity contribution in [1.82, 2.24) is 4.98 Å². The highest BCUT2D eigenvalue weighted by Crippen LogP contribution is 2.32. The minimum atomic E-state index is -0.248. The Morgan fingerprint density at radius 3 is 2.71 bits per heavy atom. The van der Waals surface area contributed by atoms with Crippen molar-refractivity contribution in [2.45, 2.75) is 0 Å². The number of hydrogen-bond donors (Lipinski definition) is 1. The maximum atomic E-state index is 12.1. The Morgan fingerprint density at radius 2 is 2.00 bits per heavy atom. The van der Waals surface area contributed by atoms with E-state index >= 15 is 0 Å². The van der Waals surface area contributed by atoms with Gasteiger partial charge in [-0.25, -0.2) is 4.98 Å². The van der Waals surface area contributed by atoms with Crippen LogP contribution in [0.15, 0.2) is 36.5 Å². The van der Waals surface area contributed by atoms with Crippen LogP contribution in [0.4, 0.5) is 5.69 Å². The first kappa shape index (κ1) is 13.2. The van der Waals surface area contributed by atoms with Crippen molar-refractivity contribution in [3.05, 3.63) is 42.1 Å². The molecule has 1 aliphatic heterocycles. The number of hydrogen-bond acceptors (Lipinski definition) is 5. The van der Waals surface area contributed by atoms with Crippen molar-refractivity contribution in [3.63, 3.8) is 0 Å². The van der Waals surface area contributed by atoms with Crippen LogP contribution in [-0.2, 0) is 0 Å². The fourth-order valence-corrected chi connectivity index (χ4v) is 1.96. The smallest absolute Gasteiger partial charge is 0.257 e. The van der Waals surface area contributed by atoms with Gasteiger partial charge in [0.15, 0.2) is 11.5 Å². The molecule has 6 nitrogen and oxygen atoms in total. The van der Waals surface area contributed by atoms with Gasteiger partial charge >= 0.3 is 0 Å². The molecule has 0 saturated heterocycles. The van der Waals surface area contributed by atoms with Gasteiger partial charge in [0.25, 0.3) is 5.91 Å². The molecule has 1 aliphatic rings. The van der Waals surface area contributed by atoms with E-state index in [9.17, 15) is 4.79 Å². The maximum Gasteiger partial charge on any atom is 0.257 e. The third-order valence-electron chi connectivity index (χ3n) is 3.01. The molecule has 0 bridgehead atoms. The van der Waals surface area contributed by atoms with Gasteiger partial charge in [-0.15, -0.1) is 0 Å². The second-order valence-corrected chi connectivity index (χ2v) is 4.40. The molecule has 0 saturated carbocycles. The van der Waals surface area contributed by atoms with Crippen LogP contribution >= 0.6 is 0 Å². The summed E-state index contributed by atoms with van der Waals surface area (Å²) in [5, 5.41) is 2.79. The highest BCUT2D eigenvalue weighted by molar-refractivity contribution is 6.04. The molecule has 0 unspecified atom stereocenters. The van der Waals surface area contributed by atoms with E-state index in [1.54, 1.807) is 30.3 Å². The van der Waals surface area contributed by atoms with Crippen molar-refractivity contribution >= 4 is 11.6 Å². The lowest BCUT2D eigenvalue weighted by Crippen LogP contribution is -2.16. The zero-order chi connectivity index (χ0) is 14.7. The zero-order valence-corrected chi connectivity index (χ0v) is 11.5. The first-order valence-electron chi connectivity index (χ1n) is 6.47. The molecule has 2 heterocycles. The summed E-state index contributed by atoms with van der Waals surface area (Å²) in [6.07, 6.45) is 1.46. The first-order valence-corrected chi connectivity index (χ1v) is 6.47. The Hall–Kier alpha value is -2.76. The van der Waals surface area contributed by atoms with E-state index in [4.69, 9.17) is 14.2 Å². The van der Waals surface area contributed by atoms with Crippen molar-refractivity contribution < 1.29 is 19.0 Å². The molecule has 21 heavy (non-hydrogen) atoms. The number of anilines is 1. The molecule has 1 amide bonds. The Labute approximate surface area is 121 Å². The molecule has 108 valence electrons. The molecule has 1 aromatic heterocycles. The molecule has 0 fully saturated rings. The predicted molar refractivity (Wildman–Crippen MR) is 76.2 cm³/mol. The molecule has 0 radical (unpaired) electrons. The van der Waals surface area contributed by atoms with Gasteiger partial charge in [-0.2, -0.15) is 0 Å². The highest BCUT2D eigenvalue weighted by atomic mass is 16.6. The minimum absolute atomic E-state index is 0.248. The van der Waals surface area contributed by atoms with Crippen LogP contribution in [0, 0.1) is 0 Å². The van der Waals surface area contributed by atoms with Crippen LogP contribution in [0.3, 0.4) is 0 Å². The molecule has 0 spiro atoms. The number of carbonyl (C=O) groups excluding carboxylic acids is 1. The number of fused-ring (bicyclic) bond motifs is 1. The van der Waals surface area contributed by atoms with E-state index in [-0.39, 0.29) is 5.91 Å². The third kappa shape index (κ3) is 2.89. The second-order valence-electron chi connectivity index (χ2n) is 4.40. The van der Waals surface area contributed by atoms with Crippen molar-refractivity contribution in [2.24, 2.45) is 0 Å². The SMILES string of the molecule is COc1ccc(C(=O)Nc2ccc3c(c2)OCCO3)cn1. The summed E-state index contributed by atoms with van der Waals surface area (Å²) in [6, 6.07) is 8.57. The van der Waals surface area contributed by atoms with Crippen LogP contribution in [-0.4, -0.2) is 31.2 Å². The molecule has 1 N–H and O–H groups in total. The van der Waals surface area contributed by atoms with E-state index in [2.05, 4.69) is 10.3 Å². The summed E-state index contributed by atoms with van der Waals surface area (Å²) in [6.45, 7) is 1.04. The van der Waals surface area contributed by atoms with Gasteiger partial charge in [0.2, 0.25) is 5.88 Å². The normalized spacial score (nSPS) is 12.6. The van der Waals surface area contributed by atoms with Crippen molar-refractivity contribution in [3.8, 4) is 17.4 Å². The van der Waals surface area contributed by atoms with Gasteiger partial charge < -0.3 is 19.5 Å². The van der Waals surface area contributed by atoms with E-state index in [0.717, 1.165) is 0 Å². The molecule has 3 rings (SSSR count). The maximum absolute atomic E-state index is 12.1. The lowest BCUT2D eigenvalue weighted by Gasteiger charge is -2.19. The monoisotopic (exact) mass is 286 g/mol. The van der Waals surface area contributed by atoms with Crippen LogP contribution < -0.4 is 19.5 Å². The summed E-state index contributed by atoms with van der Waals surface area (Å²) in [5.74, 6) is 1.53. The van der Waals surface area contributed by atoms with Crippen molar-refractivity contribution in [1.29, 1.82) is 0 Å². The molecular weight excluding hydrogens is 272 g/mol. The Morgan fingerprint density at radius 1 is 1.19 bits per heavy atom. The third-order valence-corrected chi connectivity index (χ3v) is 3.01. The number of benzene rings is 1. The van der Waals surface area contributed by atoms with Gasteiger partial charge in [-0.1, -0.05) is 0 Å². The number of rotatable bonds is 3. The zero-order valence-electron chi connectivity index (χ0n) is 11.5. The number of carbonyl (C=O) groups is 1. The quantitative estimate of drug-likeness (QED) is 0.935. The van der Waals surface area contributed by atoms with Gasteiger partial charge in [-0.3, -0.25) is 4.79 Å².